The molecule has 34 heavy (non-hydrogen) atoms. The molecule has 9 heteroatoms. The Balaban J connectivity index is 0.000000259. The van der Waals surface area contributed by atoms with E-state index in [4.69, 9.17) is 9.26 Å². The Labute approximate surface area is 201 Å². The van der Waals surface area contributed by atoms with E-state index in [0.717, 1.165) is 29.5 Å². The number of methoxy groups -OCH3 is 1. The van der Waals surface area contributed by atoms with Gasteiger partial charge in [-0.3, -0.25) is 23.3 Å². The predicted octanol–water partition coefficient (Wildman–Crippen LogP) is 5.40. The molecule has 0 saturated heterocycles. The van der Waals surface area contributed by atoms with Crippen molar-refractivity contribution in [2.24, 2.45) is 0 Å². The van der Waals surface area contributed by atoms with Gasteiger partial charge in [0, 0.05) is 32.3 Å². The van der Waals surface area contributed by atoms with Gasteiger partial charge in [-0.1, -0.05) is 37.3 Å². The number of unbranched alkanes of at least 4 members (excludes halogenated alkanes) is 1. The molecule has 3 rings (SSSR count). The minimum absolute atomic E-state index is 0.277. The van der Waals surface area contributed by atoms with E-state index in [1.54, 1.807) is 7.11 Å². The zero-order chi connectivity index (χ0) is 24.8. The first-order valence-electron chi connectivity index (χ1n) is 11.1. The number of hydrogen-bond donors (Lipinski definition) is 1. The average Bonchev–Trinajstić information content (AvgIpc) is 2.90. The van der Waals surface area contributed by atoms with E-state index in [1.165, 1.54) is 30.9 Å². The van der Waals surface area contributed by atoms with Crippen LogP contribution in [0.4, 0.5) is 0 Å². The van der Waals surface area contributed by atoms with Gasteiger partial charge in [-0.25, -0.2) is 4.57 Å². The number of phosphoric acid groups is 1. The van der Waals surface area contributed by atoms with Crippen molar-refractivity contribution in [2.75, 3.05) is 34.5 Å². The fourth-order valence-electron chi connectivity index (χ4n) is 3.30. The molecule has 0 unspecified atom stereocenters. The number of benzene rings is 2. The third-order valence-electron chi connectivity index (χ3n) is 5.09. The van der Waals surface area contributed by atoms with Gasteiger partial charge in [0.05, 0.1) is 19.2 Å². The molecular weight excluding hydrogens is 455 g/mol. The molecule has 0 aliphatic heterocycles. The Morgan fingerprint density at radius 2 is 1.76 bits per heavy atom. The predicted molar refractivity (Wildman–Crippen MR) is 134 cm³/mol. The molecule has 1 aromatic heterocycles. The molecular formula is C25H33N2O6P. The van der Waals surface area contributed by atoms with E-state index in [-0.39, 0.29) is 6.61 Å². The Bertz CT molecular complexity index is 1060. The average molecular weight is 489 g/mol. The van der Waals surface area contributed by atoms with Gasteiger partial charge >= 0.3 is 7.82 Å². The quantitative estimate of drug-likeness (QED) is 0.207. The van der Waals surface area contributed by atoms with Crippen molar-refractivity contribution in [3.8, 4) is 16.9 Å². The first-order chi connectivity index (χ1) is 16.5. The van der Waals surface area contributed by atoms with Crippen LogP contribution in [0.1, 0.15) is 25.3 Å². The molecule has 0 spiro atoms. The highest BCUT2D eigenvalue weighted by Crippen LogP contribution is 2.47. The van der Waals surface area contributed by atoms with E-state index in [2.05, 4.69) is 56.6 Å². The number of aryl methyl sites for hydroxylation is 1. The van der Waals surface area contributed by atoms with Crippen molar-refractivity contribution >= 4 is 25.1 Å². The number of nitrogens with one attached hydrogen (secondary N) is 1. The lowest BCUT2D eigenvalue weighted by molar-refractivity contribution is -0.109. The minimum Gasteiger partial charge on any atom is -0.497 e. The van der Waals surface area contributed by atoms with Gasteiger partial charge in [-0.05, 0) is 54.2 Å². The fraction of sp³-hybridized carbons (Fsp3) is 0.360. The van der Waals surface area contributed by atoms with Crippen LogP contribution in [0.15, 0.2) is 54.7 Å². The van der Waals surface area contributed by atoms with Crippen LogP contribution in [0.5, 0.6) is 5.75 Å². The second-order valence-corrected chi connectivity index (χ2v) is 9.07. The highest BCUT2D eigenvalue weighted by Gasteiger charge is 2.21. The number of amides is 1. The van der Waals surface area contributed by atoms with Gasteiger partial charge in [0.15, 0.2) is 0 Å². The zero-order valence-electron chi connectivity index (χ0n) is 20.2. The number of aromatic nitrogens is 1. The zero-order valence-corrected chi connectivity index (χ0v) is 21.0. The highest BCUT2D eigenvalue weighted by molar-refractivity contribution is 7.48. The van der Waals surface area contributed by atoms with Crippen molar-refractivity contribution in [1.29, 1.82) is 0 Å². The summed E-state index contributed by atoms with van der Waals surface area (Å²) in [6.45, 7) is 3.02. The number of carbonyl (C=O) groups is 1. The Morgan fingerprint density at radius 1 is 1.03 bits per heavy atom. The highest BCUT2D eigenvalue weighted by atomic mass is 31.2. The summed E-state index contributed by atoms with van der Waals surface area (Å²) in [5, 5.41) is 3.65. The van der Waals surface area contributed by atoms with Crippen LogP contribution in [-0.4, -0.2) is 45.9 Å². The lowest BCUT2D eigenvalue weighted by Gasteiger charge is -2.12. The molecule has 8 nitrogen and oxygen atoms in total. The van der Waals surface area contributed by atoms with Gasteiger partial charge in [0.25, 0.3) is 0 Å². The molecule has 1 amide bonds. The standard InChI is InChI=1S/C18H17NO.C7H16NO5P/c1-3-13-12-19-17-10-9-15(20-2)11-16(17)18(13)14-7-5-4-6-8-14;1-11-14(10,12-2)13-6-4-3-5-8-7-9/h4-12H,3H2,1-2H3;7H,3-6H2,1-2H3,(H,8,9). The fourth-order valence-corrected chi connectivity index (χ4v) is 4.01. The molecule has 1 heterocycles. The second kappa shape index (κ2) is 14.5. The second-order valence-electron chi connectivity index (χ2n) is 7.19. The molecule has 1 N–H and O–H groups in total. The molecule has 184 valence electrons. The Hall–Kier alpha value is -2.77. The first-order valence-corrected chi connectivity index (χ1v) is 12.5. The number of pyridine rings is 1. The first kappa shape index (κ1) is 27.5. The number of fused-ring (bicyclic) bond motifs is 1. The van der Waals surface area contributed by atoms with E-state index < -0.39 is 7.82 Å². The minimum atomic E-state index is -3.33. The molecule has 0 fully saturated rings. The monoisotopic (exact) mass is 488 g/mol. The maximum Gasteiger partial charge on any atom is 0.474 e. The summed E-state index contributed by atoms with van der Waals surface area (Å²) in [7, 11) is 0.892. The molecule has 0 aliphatic carbocycles. The van der Waals surface area contributed by atoms with Gasteiger partial charge in [-0.15, -0.1) is 0 Å². The summed E-state index contributed by atoms with van der Waals surface area (Å²) >= 11 is 0. The summed E-state index contributed by atoms with van der Waals surface area (Å²) in [4.78, 5) is 14.4. The lowest BCUT2D eigenvalue weighted by Crippen LogP contribution is -2.12. The normalized spacial score (nSPS) is 10.9. The maximum atomic E-state index is 11.3. The summed E-state index contributed by atoms with van der Waals surface area (Å²) in [5.74, 6) is 0.865. The molecule has 2 aromatic carbocycles. The molecule has 0 saturated carbocycles. The molecule has 0 radical (unpaired) electrons. The Kier molecular flexibility index (Phi) is 11.7. The van der Waals surface area contributed by atoms with Gasteiger partial charge in [0.1, 0.15) is 5.75 Å². The van der Waals surface area contributed by atoms with Crippen molar-refractivity contribution in [3.05, 3.63) is 60.3 Å². The SMILES string of the molecule is CCc1cnc2ccc(OC)cc2c1-c1ccccc1.COP(=O)(OC)OCCCCNC=O. The number of carbonyl (C=O) groups excluding carboxylic acids is 1. The summed E-state index contributed by atoms with van der Waals surface area (Å²) in [6.07, 6.45) is 5.02. The van der Waals surface area contributed by atoms with Crippen LogP contribution in [0.3, 0.4) is 0 Å². The van der Waals surface area contributed by atoms with Crippen molar-refractivity contribution in [3.63, 3.8) is 0 Å². The van der Waals surface area contributed by atoms with Gasteiger partial charge in [0.2, 0.25) is 6.41 Å². The molecule has 0 atom stereocenters. The molecule has 0 aliphatic rings. The van der Waals surface area contributed by atoms with Crippen molar-refractivity contribution < 1.29 is 27.7 Å². The number of ether oxygens (including phenoxy) is 1. The largest absolute Gasteiger partial charge is 0.497 e. The smallest absolute Gasteiger partial charge is 0.474 e. The van der Waals surface area contributed by atoms with Crippen LogP contribution in [0, 0.1) is 0 Å². The number of nitrogens with zero attached hydrogens (tertiary/aromatic N) is 1. The number of hydrogen-bond acceptors (Lipinski definition) is 7. The number of phosphoric ester groups is 1. The van der Waals surface area contributed by atoms with Crippen LogP contribution in [0.25, 0.3) is 22.0 Å². The summed E-state index contributed by atoms with van der Waals surface area (Å²) in [5.41, 5.74) is 4.75. The van der Waals surface area contributed by atoms with Gasteiger partial charge in [-0.2, -0.15) is 0 Å². The van der Waals surface area contributed by atoms with Crippen LogP contribution >= 0.6 is 7.82 Å². The van der Waals surface area contributed by atoms with Crippen LogP contribution in [-0.2, 0) is 29.4 Å². The summed E-state index contributed by atoms with van der Waals surface area (Å²) < 4.78 is 30.7. The van der Waals surface area contributed by atoms with E-state index in [9.17, 15) is 9.36 Å². The topological polar surface area (TPSA) is 96.0 Å². The van der Waals surface area contributed by atoms with Crippen LogP contribution in [0.2, 0.25) is 0 Å². The van der Waals surface area contributed by atoms with E-state index in [1.807, 2.05) is 24.4 Å². The molecule has 0 bridgehead atoms. The Morgan fingerprint density at radius 3 is 2.38 bits per heavy atom. The van der Waals surface area contributed by atoms with Crippen molar-refractivity contribution in [1.82, 2.24) is 10.3 Å². The van der Waals surface area contributed by atoms with E-state index >= 15 is 0 Å². The van der Waals surface area contributed by atoms with Crippen LogP contribution < -0.4 is 10.1 Å². The third kappa shape index (κ3) is 7.92. The van der Waals surface area contributed by atoms with E-state index in [0.29, 0.717) is 19.4 Å². The number of rotatable bonds is 12. The summed E-state index contributed by atoms with van der Waals surface area (Å²) in [6, 6.07) is 16.5. The lowest BCUT2D eigenvalue weighted by atomic mass is 9.95. The maximum absolute atomic E-state index is 11.3. The van der Waals surface area contributed by atoms with Gasteiger partial charge < -0.3 is 10.1 Å². The van der Waals surface area contributed by atoms with Crippen molar-refractivity contribution in [2.45, 2.75) is 26.2 Å². The third-order valence-corrected chi connectivity index (χ3v) is 6.49. The molecule has 3 aromatic rings.